The molecule has 0 saturated carbocycles. The van der Waals surface area contributed by atoms with Crippen molar-refractivity contribution in [2.75, 3.05) is 25.0 Å². The smallest absolute Gasteiger partial charge is 0.129 e. The van der Waals surface area contributed by atoms with Crippen LogP contribution in [0.2, 0.25) is 0 Å². The average molecular weight is 234 g/mol. The van der Waals surface area contributed by atoms with Crippen LogP contribution in [0.3, 0.4) is 0 Å². The van der Waals surface area contributed by atoms with Gasteiger partial charge >= 0.3 is 0 Å². The first-order valence-electron chi connectivity index (χ1n) is 6.52. The van der Waals surface area contributed by atoms with E-state index in [1.54, 1.807) is 6.33 Å². The second-order valence-electron chi connectivity index (χ2n) is 4.87. The van der Waals surface area contributed by atoms with Crippen LogP contribution in [0.15, 0.2) is 12.4 Å². The first-order chi connectivity index (χ1) is 8.25. The number of nitrogens with one attached hydrogen (secondary N) is 1. The number of hydrogen-bond acceptors (Lipinski definition) is 4. The monoisotopic (exact) mass is 234 g/mol. The Balaban J connectivity index is 1.80. The molecular weight excluding hydrogens is 212 g/mol. The predicted octanol–water partition coefficient (Wildman–Crippen LogP) is 2.07. The van der Waals surface area contributed by atoms with Gasteiger partial charge in [0.1, 0.15) is 12.1 Å². The molecule has 17 heavy (non-hydrogen) atoms. The summed E-state index contributed by atoms with van der Waals surface area (Å²) in [4.78, 5) is 10.9. The minimum atomic E-state index is 0.575. The Hall–Kier alpha value is -1.16. The topological polar surface area (TPSA) is 41.0 Å². The van der Waals surface area contributed by atoms with Crippen LogP contribution in [0.4, 0.5) is 5.82 Å². The third-order valence-electron chi connectivity index (χ3n) is 3.40. The summed E-state index contributed by atoms with van der Waals surface area (Å²) >= 11 is 0. The highest BCUT2D eigenvalue weighted by molar-refractivity contribution is 5.34. The molecule has 0 aromatic carbocycles. The summed E-state index contributed by atoms with van der Waals surface area (Å²) in [5.74, 6) is 0.932. The van der Waals surface area contributed by atoms with Gasteiger partial charge in [-0.15, -0.1) is 0 Å². The van der Waals surface area contributed by atoms with Gasteiger partial charge in [-0.05, 0) is 39.8 Å². The highest BCUT2D eigenvalue weighted by Gasteiger charge is 2.16. The summed E-state index contributed by atoms with van der Waals surface area (Å²) in [5, 5.41) is 3.39. The van der Waals surface area contributed by atoms with Gasteiger partial charge in [0.05, 0.1) is 0 Å². The molecule has 0 radical (unpaired) electrons. The van der Waals surface area contributed by atoms with E-state index in [1.165, 1.54) is 32.4 Å². The molecule has 0 aliphatic carbocycles. The van der Waals surface area contributed by atoms with Gasteiger partial charge in [-0.3, -0.25) is 4.90 Å². The molecule has 4 nitrogen and oxygen atoms in total. The highest BCUT2D eigenvalue weighted by Crippen LogP contribution is 2.12. The molecule has 1 aliphatic heterocycles. The van der Waals surface area contributed by atoms with Crippen molar-refractivity contribution in [1.29, 1.82) is 0 Å². The standard InChI is InChI=1S/C13H22N4/c1-11-8-13(16-10-15-11)14-9-12(2)17-6-4-3-5-7-17/h8,10,12H,3-7,9H2,1-2H3,(H,14,15,16). The van der Waals surface area contributed by atoms with Crippen molar-refractivity contribution in [2.45, 2.75) is 39.2 Å². The Bertz CT molecular complexity index is 347. The van der Waals surface area contributed by atoms with Crippen LogP contribution in [0.1, 0.15) is 31.9 Å². The molecule has 1 aromatic rings. The predicted molar refractivity (Wildman–Crippen MR) is 70.1 cm³/mol. The molecule has 1 N–H and O–H groups in total. The van der Waals surface area contributed by atoms with Crippen LogP contribution in [0, 0.1) is 6.92 Å². The minimum absolute atomic E-state index is 0.575. The zero-order valence-electron chi connectivity index (χ0n) is 10.8. The van der Waals surface area contributed by atoms with E-state index in [2.05, 4.69) is 27.1 Å². The van der Waals surface area contributed by atoms with E-state index in [4.69, 9.17) is 0 Å². The van der Waals surface area contributed by atoms with Crippen LogP contribution < -0.4 is 5.32 Å². The van der Waals surface area contributed by atoms with Gasteiger partial charge in [0, 0.05) is 24.3 Å². The molecule has 0 bridgehead atoms. The molecule has 2 rings (SSSR count). The summed E-state index contributed by atoms with van der Waals surface area (Å²) in [7, 11) is 0. The molecule has 1 unspecified atom stereocenters. The van der Waals surface area contributed by atoms with E-state index in [9.17, 15) is 0 Å². The van der Waals surface area contributed by atoms with E-state index in [1.807, 2.05) is 13.0 Å². The van der Waals surface area contributed by atoms with Gasteiger partial charge in [-0.1, -0.05) is 6.42 Å². The number of aromatic nitrogens is 2. The zero-order valence-corrected chi connectivity index (χ0v) is 10.8. The van der Waals surface area contributed by atoms with Gasteiger partial charge in [0.25, 0.3) is 0 Å². The lowest BCUT2D eigenvalue weighted by atomic mass is 10.1. The third kappa shape index (κ3) is 3.66. The number of piperidine rings is 1. The van der Waals surface area contributed by atoms with Gasteiger partial charge in [-0.25, -0.2) is 9.97 Å². The van der Waals surface area contributed by atoms with Crippen LogP contribution in [-0.2, 0) is 0 Å². The molecule has 1 aliphatic rings. The maximum absolute atomic E-state index is 4.22. The Kier molecular flexibility index (Phi) is 4.31. The summed E-state index contributed by atoms with van der Waals surface area (Å²) in [6, 6.07) is 2.56. The molecule has 1 saturated heterocycles. The number of nitrogens with zero attached hydrogens (tertiary/aromatic N) is 3. The largest absolute Gasteiger partial charge is 0.368 e. The fourth-order valence-corrected chi connectivity index (χ4v) is 2.29. The Morgan fingerprint density at radius 2 is 2.06 bits per heavy atom. The molecule has 1 fully saturated rings. The molecule has 4 heteroatoms. The number of hydrogen-bond donors (Lipinski definition) is 1. The Labute approximate surface area is 103 Å². The van der Waals surface area contributed by atoms with Crippen molar-refractivity contribution >= 4 is 5.82 Å². The molecule has 0 amide bonds. The van der Waals surface area contributed by atoms with E-state index in [0.717, 1.165) is 18.1 Å². The van der Waals surface area contributed by atoms with Crippen molar-refractivity contribution in [1.82, 2.24) is 14.9 Å². The number of anilines is 1. The Morgan fingerprint density at radius 1 is 1.29 bits per heavy atom. The fourth-order valence-electron chi connectivity index (χ4n) is 2.29. The number of aryl methyl sites for hydroxylation is 1. The van der Waals surface area contributed by atoms with E-state index in [0.29, 0.717) is 6.04 Å². The normalized spacial score (nSPS) is 18.9. The van der Waals surface area contributed by atoms with Gasteiger partial charge in [0.15, 0.2) is 0 Å². The van der Waals surface area contributed by atoms with Crippen molar-refractivity contribution in [3.63, 3.8) is 0 Å². The second kappa shape index (κ2) is 5.96. The van der Waals surface area contributed by atoms with Gasteiger partial charge in [0.2, 0.25) is 0 Å². The lowest BCUT2D eigenvalue weighted by Gasteiger charge is -2.32. The highest BCUT2D eigenvalue weighted by atomic mass is 15.2. The third-order valence-corrected chi connectivity index (χ3v) is 3.40. The maximum atomic E-state index is 4.22. The lowest BCUT2D eigenvalue weighted by molar-refractivity contribution is 0.180. The first-order valence-corrected chi connectivity index (χ1v) is 6.52. The van der Waals surface area contributed by atoms with Crippen LogP contribution in [0.25, 0.3) is 0 Å². The van der Waals surface area contributed by atoms with Crippen molar-refractivity contribution in [3.8, 4) is 0 Å². The second-order valence-corrected chi connectivity index (χ2v) is 4.87. The average Bonchev–Trinajstić information content (AvgIpc) is 2.37. The molecular formula is C13H22N4. The molecule has 0 spiro atoms. The number of rotatable bonds is 4. The maximum Gasteiger partial charge on any atom is 0.129 e. The SMILES string of the molecule is Cc1cc(NCC(C)N2CCCCC2)ncn1. The first kappa shape index (κ1) is 12.3. The lowest BCUT2D eigenvalue weighted by Crippen LogP contribution is -2.41. The molecule has 1 atom stereocenters. The fraction of sp³-hybridized carbons (Fsp3) is 0.692. The van der Waals surface area contributed by atoms with E-state index in [-0.39, 0.29) is 0 Å². The molecule has 94 valence electrons. The zero-order chi connectivity index (χ0) is 12.1. The summed E-state index contributed by atoms with van der Waals surface area (Å²) in [5.41, 5.74) is 1.01. The van der Waals surface area contributed by atoms with E-state index >= 15 is 0 Å². The molecule has 2 heterocycles. The van der Waals surface area contributed by atoms with Crippen molar-refractivity contribution < 1.29 is 0 Å². The van der Waals surface area contributed by atoms with Crippen molar-refractivity contribution in [3.05, 3.63) is 18.1 Å². The summed E-state index contributed by atoms with van der Waals surface area (Å²) in [6.07, 6.45) is 5.69. The van der Waals surface area contributed by atoms with Crippen LogP contribution in [0.5, 0.6) is 0 Å². The number of likely N-dealkylation sites (tertiary alicyclic amines) is 1. The molecule has 1 aromatic heterocycles. The van der Waals surface area contributed by atoms with Crippen molar-refractivity contribution in [2.24, 2.45) is 0 Å². The van der Waals surface area contributed by atoms with Crippen LogP contribution in [-0.4, -0.2) is 40.5 Å². The summed E-state index contributed by atoms with van der Waals surface area (Å²) in [6.45, 7) is 7.71. The minimum Gasteiger partial charge on any atom is -0.368 e. The van der Waals surface area contributed by atoms with Gasteiger partial charge in [-0.2, -0.15) is 0 Å². The van der Waals surface area contributed by atoms with Crippen LogP contribution >= 0.6 is 0 Å². The van der Waals surface area contributed by atoms with Gasteiger partial charge < -0.3 is 5.32 Å². The quantitative estimate of drug-likeness (QED) is 0.866. The van der Waals surface area contributed by atoms with E-state index < -0.39 is 0 Å². The Morgan fingerprint density at radius 3 is 2.76 bits per heavy atom. The summed E-state index contributed by atoms with van der Waals surface area (Å²) < 4.78 is 0.